The van der Waals surface area contributed by atoms with E-state index in [-0.39, 0.29) is 17.9 Å². The fraction of sp³-hybridized carbons (Fsp3) is 0.640. The number of nitrogens with zero attached hydrogens (tertiary/aromatic N) is 3. The number of amides is 2. The van der Waals surface area contributed by atoms with E-state index in [2.05, 4.69) is 15.2 Å². The molecule has 2 aromatic rings. The largest absolute Gasteiger partial charge is 0.381 e. The number of fused-ring (bicyclic) bond motifs is 1. The van der Waals surface area contributed by atoms with Crippen LogP contribution in [0, 0.1) is 11.8 Å². The number of aromatic nitrogens is 2. The Bertz CT molecular complexity index is 903. The van der Waals surface area contributed by atoms with E-state index in [0.717, 1.165) is 70.1 Å². The molecule has 0 radical (unpaired) electrons. The monoisotopic (exact) mass is 440 g/mol. The van der Waals surface area contributed by atoms with Gasteiger partial charge in [0.15, 0.2) is 0 Å². The number of hydrogen-bond donors (Lipinski definition) is 1. The standard InChI is InChI=1S/C25H36N4O3/c1-32-22-7-4-6-20(17-22)25(31)28-14-10-19(11-15-28)5-2-3-12-27-24(30)21-8-9-23-26-13-16-29(23)18-21/h8-9,13,16,18-20,22H,2-7,10-12,14-15,17H2,1H3,(H,27,30). The van der Waals surface area contributed by atoms with Gasteiger partial charge in [-0.1, -0.05) is 19.3 Å². The van der Waals surface area contributed by atoms with E-state index < -0.39 is 0 Å². The lowest BCUT2D eigenvalue weighted by molar-refractivity contribution is -0.139. The highest BCUT2D eigenvalue weighted by Crippen LogP contribution is 2.30. The van der Waals surface area contributed by atoms with Crippen molar-refractivity contribution in [3.8, 4) is 0 Å². The van der Waals surface area contributed by atoms with Gasteiger partial charge in [0.2, 0.25) is 5.91 Å². The number of nitrogens with one attached hydrogen (secondary N) is 1. The molecule has 0 aromatic carbocycles. The zero-order chi connectivity index (χ0) is 22.3. The third-order valence-electron chi connectivity index (χ3n) is 7.21. The highest BCUT2D eigenvalue weighted by atomic mass is 16.5. The molecule has 2 amide bonds. The Balaban J connectivity index is 1.10. The lowest BCUT2D eigenvalue weighted by Crippen LogP contribution is -2.43. The molecule has 2 atom stereocenters. The molecule has 1 saturated heterocycles. The van der Waals surface area contributed by atoms with Crippen LogP contribution in [-0.2, 0) is 9.53 Å². The van der Waals surface area contributed by atoms with Crippen molar-refractivity contribution in [3.63, 3.8) is 0 Å². The zero-order valence-corrected chi connectivity index (χ0v) is 19.2. The molecule has 174 valence electrons. The van der Waals surface area contributed by atoms with Crippen molar-refractivity contribution in [1.82, 2.24) is 19.6 Å². The van der Waals surface area contributed by atoms with Crippen LogP contribution in [0.15, 0.2) is 30.7 Å². The van der Waals surface area contributed by atoms with E-state index in [9.17, 15) is 9.59 Å². The van der Waals surface area contributed by atoms with Crippen LogP contribution in [0.25, 0.3) is 5.65 Å². The molecular formula is C25H36N4O3. The summed E-state index contributed by atoms with van der Waals surface area (Å²) in [5, 5.41) is 3.02. The summed E-state index contributed by atoms with van der Waals surface area (Å²) in [5.74, 6) is 1.16. The number of unbranched alkanes of at least 4 members (excludes halogenated alkanes) is 1. The minimum Gasteiger partial charge on any atom is -0.381 e. The quantitative estimate of drug-likeness (QED) is 0.636. The van der Waals surface area contributed by atoms with Crippen LogP contribution in [0.5, 0.6) is 0 Å². The van der Waals surface area contributed by atoms with Crippen LogP contribution in [-0.4, -0.2) is 58.9 Å². The van der Waals surface area contributed by atoms with Crippen LogP contribution < -0.4 is 5.32 Å². The first-order chi connectivity index (χ1) is 15.6. The van der Waals surface area contributed by atoms with E-state index in [0.29, 0.717) is 23.9 Å². The molecule has 0 spiro atoms. The Morgan fingerprint density at radius 1 is 1.16 bits per heavy atom. The first-order valence-electron chi connectivity index (χ1n) is 12.2. The second-order valence-corrected chi connectivity index (χ2v) is 9.35. The van der Waals surface area contributed by atoms with Crippen molar-refractivity contribution in [3.05, 3.63) is 36.3 Å². The minimum atomic E-state index is -0.0363. The second-order valence-electron chi connectivity index (χ2n) is 9.35. The Kier molecular flexibility index (Phi) is 7.79. The highest BCUT2D eigenvalue weighted by Gasteiger charge is 2.32. The van der Waals surface area contributed by atoms with Gasteiger partial charge in [0, 0.05) is 51.3 Å². The summed E-state index contributed by atoms with van der Waals surface area (Å²) in [7, 11) is 1.76. The maximum atomic E-state index is 12.9. The molecule has 2 unspecified atom stereocenters. The van der Waals surface area contributed by atoms with Gasteiger partial charge in [-0.2, -0.15) is 0 Å². The molecule has 4 rings (SSSR count). The van der Waals surface area contributed by atoms with Gasteiger partial charge in [-0.15, -0.1) is 0 Å². The highest BCUT2D eigenvalue weighted by molar-refractivity contribution is 5.94. The number of hydrogen-bond acceptors (Lipinski definition) is 4. The summed E-state index contributed by atoms with van der Waals surface area (Å²) in [5.41, 5.74) is 1.49. The third-order valence-corrected chi connectivity index (χ3v) is 7.21. The molecule has 2 aliphatic rings. The molecule has 2 fully saturated rings. The fourth-order valence-corrected chi connectivity index (χ4v) is 5.20. The maximum absolute atomic E-state index is 12.9. The van der Waals surface area contributed by atoms with Gasteiger partial charge in [-0.25, -0.2) is 4.98 Å². The van der Waals surface area contributed by atoms with Gasteiger partial charge < -0.3 is 19.4 Å². The summed E-state index contributed by atoms with van der Waals surface area (Å²) >= 11 is 0. The van der Waals surface area contributed by atoms with Crippen molar-refractivity contribution in [2.75, 3.05) is 26.7 Å². The van der Waals surface area contributed by atoms with E-state index in [4.69, 9.17) is 4.74 Å². The number of likely N-dealkylation sites (tertiary alicyclic amines) is 1. The van der Waals surface area contributed by atoms with Crippen LogP contribution in [0.4, 0.5) is 0 Å². The molecule has 1 aliphatic carbocycles. The van der Waals surface area contributed by atoms with E-state index in [1.165, 1.54) is 6.42 Å². The Labute approximate surface area is 190 Å². The first-order valence-corrected chi connectivity index (χ1v) is 12.2. The van der Waals surface area contributed by atoms with Gasteiger partial charge in [0.05, 0.1) is 11.7 Å². The minimum absolute atomic E-state index is 0.0363. The summed E-state index contributed by atoms with van der Waals surface area (Å²) in [6.07, 6.45) is 15.2. The third kappa shape index (κ3) is 5.68. The molecule has 7 heteroatoms. The Morgan fingerprint density at radius 2 is 2.00 bits per heavy atom. The zero-order valence-electron chi connectivity index (χ0n) is 19.2. The van der Waals surface area contributed by atoms with Gasteiger partial charge in [0.1, 0.15) is 5.65 Å². The predicted octanol–water partition coefficient (Wildman–Crippen LogP) is 3.68. The number of methoxy groups -OCH3 is 1. The van der Waals surface area contributed by atoms with Crippen molar-refractivity contribution in [1.29, 1.82) is 0 Å². The molecular weight excluding hydrogens is 404 g/mol. The van der Waals surface area contributed by atoms with Gasteiger partial charge >= 0.3 is 0 Å². The number of rotatable bonds is 8. The Hall–Kier alpha value is -2.41. The summed E-state index contributed by atoms with van der Waals surface area (Å²) < 4.78 is 7.35. The lowest BCUT2D eigenvalue weighted by atomic mass is 9.85. The summed E-state index contributed by atoms with van der Waals surface area (Å²) in [6.45, 7) is 2.48. The number of carbonyl (C=O) groups excluding carboxylic acids is 2. The summed E-state index contributed by atoms with van der Waals surface area (Å²) in [4.78, 5) is 31.5. The fourth-order valence-electron chi connectivity index (χ4n) is 5.20. The molecule has 3 heterocycles. The topological polar surface area (TPSA) is 75.9 Å². The van der Waals surface area contributed by atoms with E-state index in [1.54, 1.807) is 13.3 Å². The predicted molar refractivity (Wildman–Crippen MR) is 123 cm³/mol. The van der Waals surface area contributed by atoms with E-state index >= 15 is 0 Å². The second kappa shape index (κ2) is 10.9. The van der Waals surface area contributed by atoms with Crippen LogP contribution >= 0.6 is 0 Å². The molecule has 1 N–H and O–H groups in total. The van der Waals surface area contributed by atoms with Crippen LogP contribution in [0.2, 0.25) is 0 Å². The van der Waals surface area contributed by atoms with Gasteiger partial charge in [-0.05, 0) is 56.6 Å². The SMILES string of the molecule is COC1CCCC(C(=O)N2CCC(CCCCNC(=O)c3ccc4nccn4c3)CC2)C1. The molecule has 7 nitrogen and oxygen atoms in total. The average molecular weight is 441 g/mol. The van der Waals surface area contributed by atoms with Crippen molar-refractivity contribution in [2.24, 2.45) is 11.8 Å². The van der Waals surface area contributed by atoms with Crippen molar-refractivity contribution in [2.45, 2.75) is 63.9 Å². The van der Waals surface area contributed by atoms with Crippen molar-refractivity contribution < 1.29 is 14.3 Å². The maximum Gasteiger partial charge on any atom is 0.252 e. The number of ether oxygens (including phenoxy) is 1. The van der Waals surface area contributed by atoms with Crippen LogP contribution in [0.3, 0.4) is 0 Å². The normalized spacial score (nSPS) is 22.2. The molecule has 1 aliphatic heterocycles. The van der Waals surface area contributed by atoms with Gasteiger partial charge in [0.25, 0.3) is 5.91 Å². The smallest absolute Gasteiger partial charge is 0.252 e. The number of piperidine rings is 1. The molecule has 2 aromatic heterocycles. The van der Waals surface area contributed by atoms with Crippen LogP contribution in [0.1, 0.15) is 68.1 Å². The average Bonchev–Trinajstić information content (AvgIpc) is 3.31. The van der Waals surface area contributed by atoms with E-state index in [1.807, 2.05) is 28.9 Å². The first kappa shape index (κ1) is 22.8. The molecule has 0 bridgehead atoms. The number of pyridine rings is 1. The number of imidazole rings is 1. The lowest BCUT2D eigenvalue weighted by Gasteiger charge is -2.36. The number of carbonyl (C=O) groups is 2. The molecule has 1 saturated carbocycles. The summed E-state index contributed by atoms with van der Waals surface area (Å²) in [6, 6.07) is 3.67. The molecule has 32 heavy (non-hydrogen) atoms. The Morgan fingerprint density at radius 3 is 2.81 bits per heavy atom. The van der Waals surface area contributed by atoms with Gasteiger partial charge in [-0.3, -0.25) is 9.59 Å². The van der Waals surface area contributed by atoms with Crippen molar-refractivity contribution >= 4 is 17.5 Å².